The SMILES string of the molecule is CC(N)C(O)C(N)C(C)N=O. The van der Waals surface area contributed by atoms with E-state index in [-0.39, 0.29) is 0 Å². The van der Waals surface area contributed by atoms with Crippen LogP contribution in [-0.2, 0) is 0 Å². The summed E-state index contributed by atoms with van der Waals surface area (Å²) in [5.74, 6) is 0. The van der Waals surface area contributed by atoms with Crippen molar-refractivity contribution in [3.63, 3.8) is 0 Å². The smallest absolute Gasteiger partial charge is 0.107 e. The average Bonchev–Trinajstić information content (AvgIpc) is 2.00. The van der Waals surface area contributed by atoms with Crippen LogP contribution in [0, 0.1) is 4.91 Å². The van der Waals surface area contributed by atoms with Gasteiger partial charge < -0.3 is 16.6 Å². The number of hydrogen-bond acceptors (Lipinski definition) is 5. The molecule has 0 saturated heterocycles. The van der Waals surface area contributed by atoms with Crippen LogP contribution in [0.2, 0.25) is 0 Å². The van der Waals surface area contributed by atoms with E-state index in [1.54, 1.807) is 13.8 Å². The molecule has 0 aliphatic carbocycles. The number of aliphatic hydroxyl groups excluding tert-OH is 1. The zero-order chi connectivity index (χ0) is 9.02. The van der Waals surface area contributed by atoms with Crippen molar-refractivity contribution in [2.45, 2.75) is 38.1 Å². The van der Waals surface area contributed by atoms with E-state index in [9.17, 15) is 10.0 Å². The Labute approximate surface area is 65.7 Å². The second-order valence-corrected chi connectivity index (χ2v) is 2.77. The maximum absolute atomic E-state index is 9.99. The molecule has 4 atom stereocenters. The quantitative estimate of drug-likeness (QED) is 0.468. The van der Waals surface area contributed by atoms with Crippen LogP contribution in [0.15, 0.2) is 5.18 Å². The summed E-state index contributed by atoms with van der Waals surface area (Å²) in [6.07, 6.45) is -0.873. The molecule has 0 aromatic rings. The van der Waals surface area contributed by atoms with Gasteiger partial charge in [0.2, 0.25) is 0 Å². The van der Waals surface area contributed by atoms with E-state index in [0.717, 1.165) is 0 Å². The molecular formula is C6H15N3O2. The van der Waals surface area contributed by atoms with Gasteiger partial charge in [-0.25, -0.2) is 0 Å². The van der Waals surface area contributed by atoms with Gasteiger partial charge in [-0.2, -0.15) is 4.91 Å². The number of nitroso groups, excluding NO2 is 1. The third kappa shape index (κ3) is 2.92. The van der Waals surface area contributed by atoms with Gasteiger partial charge in [0.15, 0.2) is 0 Å². The molecular weight excluding hydrogens is 146 g/mol. The summed E-state index contributed by atoms with van der Waals surface area (Å²) >= 11 is 0. The molecule has 0 amide bonds. The second kappa shape index (κ2) is 4.38. The molecule has 0 heterocycles. The fraction of sp³-hybridized carbons (Fsp3) is 1.00. The minimum Gasteiger partial charge on any atom is -0.390 e. The van der Waals surface area contributed by atoms with Crippen LogP contribution in [0.25, 0.3) is 0 Å². The molecule has 0 saturated carbocycles. The Kier molecular flexibility index (Phi) is 4.17. The van der Waals surface area contributed by atoms with Crippen molar-refractivity contribution >= 4 is 0 Å². The van der Waals surface area contributed by atoms with Crippen LogP contribution < -0.4 is 11.5 Å². The minimum absolute atomic E-state index is 0.436. The fourth-order valence-electron chi connectivity index (χ4n) is 0.706. The van der Waals surface area contributed by atoms with Crippen molar-refractivity contribution in [1.82, 2.24) is 0 Å². The Morgan fingerprint density at radius 3 is 2.09 bits per heavy atom. The summed E-state index contributed by atoms with van der Waals surface area (Å²) in [6, 6.07) is -1.71. The molecule has 5 N–H and O–H groups in total. The Morgan fingerprint density at radius 1 is 1.36 bits per heavy atom. The van der Waals surface area contributed by atoms with E-state index in [1.165, 1.54) is 0 Å². The summed E-state index contributed by atoms with van der Waals surface area (Å²) in [6.45, 7) is 3.17. The highest BCUT2D eigenvalue weighted by Crippen LogP contribution is 2.02. The molecule has 66 valence electrons. The molecule has 0 rings (SSSR count). The Bertz CT molecular complexity index is 129. The van der Waals surface area contributed by atoms with E-state index in [1.807, 2.05) is 0 Å². The largest absolute Gasteiger partial charge is 0.390 e. The monoisotopic (exact) mass is 161 g/mol. The molecule has 5 nitrogen and oxygen atoms in total. The molecule has 0 aromatic carbocycles. The molecule has 0 aliphatic rings. The van der Waals surface area contributed by atoms with Gasteiger partial charge >= 0.3 is 0 Å². The van der Waals surface area contributed by atoms with Crippen LogP contribution in [0.5, 0.6) is 0 Å². The third-order valence-corrected chi connectivity index (χ3v) is 1.66. The van der Waals surface area contributed by atoms with E-state index >= 15 is 0 Å². The molecule has 0 radical (unpaired) electrons. The highest BCUT2D eigenvalue weighted by Gasteiger charge is 2.24. The molecule has 0 fully saturated rings. The van der Waals surface area contributed by atoms with Gasteiger partial charge in [-0.05, 0) is 13.8 Å². The number of nitrogens with zero attached hydrogens (tertiary/aromatic N) is 1. The van der Waals surface area contributed by atoms with Crippen LogP contribution in [0.1, 0.15) is 13.8 Å². The van der Waals surface area contributed by atoms with Gasteiger partial charge in [0.1, 0.15) is 6.04 Å². The summed E-state index contributed by atoms with van der Waals surface area (Å²) in [5.41, 5.74) is 10.8. The topological polar surface area (TPSA) is 102 Å². The highest BCUT2D eigenvalue weighted by atomic mass is 16.3. The highest BCUT2D eigenvalue weighted by molar-refractivity contribution is 4.85. The summed E-state index contributed by atoms with van der Waals surface area (Å²) in [5, 5.41) is 11.9. The van der Waals surface area contributed by atoms with Crippen LogP contribution in [0.3, 0.4) is 0 Å². The molecule has 4 unspecified atom stereocenters. The van der Waals surface area contributed by atoms with E-state index in [2.05, 4.69) is 5.18 Å². The number of aliphatic hydroxyl groups is 1. The third-order valence-electron chi connectivity index (χ3n) is 1.66. The number of nitrogens with two attached hydrogens (primary N) is 2. The lowest BCUT2D eigenvalue weighted by Crippen LogP contribution is -2.50. The van der Waals surface area contributed by atoms with Gasteiger partial charge in [0.25, 0.3) is 0 Å². The molecule has 0 bridgehead atoms. The zero-order valence-corrected chi connectivity index (χ0v) is 6.77. The molecule has 0 aromatic heterocycles. The van der Waals surface area contributed by atoms with Crippen LogP contribution >= 0.6 is 0 Å². The fourth-order valence-corrected chi connectivity index (χ4v) is 0.706. The lowest BCUT2D eigenvalue weighted by molar-refractivity contribution is 0.114. The molecule has 5 heteroatoms. The van der Waals surface area contributed by atoms with Crippen molar-refractivity contribution < 1.29 is 5.11 Å². The van der Waals surface area contributed by atoms with Crippen molar-refractivity contribution in [1.29, 1.82) is 0 Å². The minimum atomic E-state index is -0.873. The summed E-state index contributed by atoms with van der Waals surface area (Å²) in [4.78, 5) is 9.99. The van der Waals surface area contributed by atoms with Gasteiger partial charge in [0, 0.05) is 6.04 Å². The predicted molar refractivity (Wildman–Crippen MR) is 42.9 cm³/mol. The molecule has 0 aliphatic heterocycles. The van der Waals surface area contributed by atoms with E-state index < -0.39 is 24.2 Å². The predicted octanol–water partition coefficient (Wildman–Crippen LogP) is -0.823. The first kappa shape index (κ1) is 10.5. The Balaban J connectivity index is 4.00. The number of hydrogen-bond donors (Lipinski definition) is 3. The molecule has 0 spiro atoms. The first-order valence-electron chi connectivity index (χ1n) is 3.52. The van der Waals surface area contributed by atoms with E-state index in [0.29, 0.717) is 0 Å². The Morgan fingerprint density at radius 2 is 1.82 bits per heavy atom. The van der Waals surface area contributed by atoms with Gasteiger partial charge in [-0.1, -0.05) is 5.18 Å². The van der Waals surface area contributed by atoms with Crippen molar-refractivity contribution in [2.24, 2.45) is 16.6 Å². The Hall–Kier alpha value is -0.520. The number of rotatable bonds is 4. The standard InChI is InChI=1S/C6H15N3O2/c1-3(7)6(10)5(8)4(2)9-11/h3-6,10H,7-8H2,1-2H3. The maximum atomic E-state index is 9.99. The van der Waals surface area contributed by atoms with Crippen molar-refractivity contribution in [3.8, 4) is 0 Å². The normalized spacial score (nSPS) is 21.9. The van der Waals surface area contributed by atoms with Gasteiger partial charge in [-0.3, -0.25) is 0 Å². The maximum Gasteiger partial charge on any atom is 0.107 e. The van der Waals surface area contributed by atoms with Crippen LogP contribution in [0.4, 0.5) is 0 Å². The first-order valence-corrected chi connectivity index (χ1v) is 3.52. The van der Waals surface area contributed by atoms with Crippen LogP contribution in [-0.4, -0.2) is 29.3 Å². The lowest BCUT2D eigenvalue weighted by Gasteiger charge is -2.22. The average molecular weight is 161 g/mol. The van der Waals surface area contributed by atoms with Gasteiger partial charge in [0.05, 0.1) is 12.1 Å². The first-order chi connectivity index (χ1) is 5.00. The summed E-state index contributed by atoms with van der Waals surface area (Å²) < 4.78 is 0. The van der Waals surface area contributed by atoms with E-state index in [4.69, 9.17) is 11.5 Å². The van der Waals surface area contributed by atoms with Gasteiger partial charge in [-0.15, -0.1) is 0 Å². The second-order valence-electron chi connectivity index (χ2n) is 2.77. The lowest BCUT2D eigenvalue weighted by atomic mass is 10.0. The summed E-state index contributed by atoms with van der Waals surface area (Å²) in [7, 11) is 0. The zero-order valence-electron chi connectivity index (χ0n) is 6.77. The van der Waals surface area contributed by atoms with Crippen molar-refractivity contribution in [2.75, 3.05) is 0 Å². The van der Waals surface area contributed by atoms with Crippen molar-refractivity contribution in [3.05, 3.63) is 4.91 Å². The molecule has 11 heavy (non-hydrogen) atoms.